The molecule has 3 N–H and O–H groups in total. The van der Waals surface area contributed by atoms with Gasteiger partial charge in [-0.2, -0.15) is 13.2 Å². The summed E-state index contributed by atoms with van der Waals surface area (Å²) in [5.41, 5.74) is 2.00. The lowest BCUT2D eigenvalue weighted by atomic mass is 10.0. The molecule has 7 nitrogen and oxygen atoms in total. The van der Waals surface area contributed by atoms with Crippen molar-refractivity contribution in [3.05, 3.63) is 88.2 Å². The molecule has 0 atom stereocenters. The summed E-state index contributed by atoms with van der Waals surface area (Å²) in [4.78, 5) is 24.6. The zero-order valence-corrected chi connectivity index (χ0v) is 22.7. The van der Waals surface area contributed by atoms with Crippen molar-refractivity contribution in [2.24, 2.45) is 0 Å². The van der Waals surface area contributed by atoms with Gasteiger partial charge < -0.3 is 20.5 Å². The summed E-state index contributed by atoms with van der Waals surface area (Å²) in [6, 6.07) is 12.6. The Balaban J connectivity index is 1.26. The number of likely N-dealkylation sites (N-methyl/N-ethyl adjacent to an activating group) is 1. The number of fused-ring (bicyclic) bond motifs is 1. The Labute approximate surface area is 235 Å². The third-order valence-electron chi connectivity index (χ3n) is 7.18. The van der Waals surface area contributed by atoms with Crippen LogP contribution in [0.5, 0.6) is 0 Å². The van der Waals surface area contributed by atoms with E-state index in [0.29, 0.717) is 41.7 Å². The first-order valence-electron chi connectivity index (χ1n) is 13.1. The lowest BCUT2D eigenvalue weighted by Gasteiger charge is -2.34. The number of halogens is 4. The first kappa shape index (κ1) is 27.9. The number of aromatic nitrogens is 2. The Morgan fingerprint density at radius 1 is 1.02 bits per heavy atom. The van der Waals surface area contributed by atoms with Gasteiger partial charge in [0.15, 0.2) is 0 Å². The molecule has 3 heterocycles. The third kappa shape index (κ3) is 6.41. The van der Waals surface area contributed by atoms with E-state index in [-0.39, 0.29) is 17.7 Å². The second kappa shape index (κ2) is 11.9. The summed E-state index contributed by atoms with van der Waals surface area (Å²) in [6.45, 7) is 6.68. The predicted molar refractivity (Wildman–Crippen MR) is 152 cm³/mol. The highest BCUT2D eigenvalue weighted by Gasteiger charge is 2.34. The number of alkyl halides is 3. The van der Waals surface area contributed by atoms with Gasteiger partial charge in [-0.1, -0.05) is 30.7 Å². The number of piperazine rings is 1. The maximum Gasteiger partial charge on any atom is 0.416 e. The van der Waals surface area contributed by atoms with Crippen LogP contribution in [0.4, 0.5) is 24.5 Å². The number of nitrogens with zero attached hydrogens (tertiary/aromatic N) is 3. The number of aromatic amines is 1. The molecule has 0 bridgehead atoms. The van der Waals surface area contributed by atoms with Gasteiger partial charge in [0.25, 0.3) is 5.91 Å². The highest BCUT2D eigenvalue weighted by atomic mass is 35.5. The van der Waals surface area contributed by atoms with Crippen molar-refractivity contribution in [2.45, 2.75) is 26.2 Å². The summed E-state index contributed by atoms with van der Waals surface area (Å²) in [6.07, 6.45) is -1.11. The molecule has 4 aromatic rings. The second-order valence-electron chi connectivity index (χ2n) is 9.81. The maximum absolute atomic E-state index is 14.0. The molecule has 2 aromatic carbocycles. The predicted octanol–water partition coefficient (Wildman–Crippen LogP) is 6.24. The number of hydrogen-bond acceptors (Lipinski definition) is 5. The molecule has 1 amide bonds. The van der Waals surface area contributed by atoms with Crippen LogP contribution in [0.2, 0.25) is 5.02 Å². The number of pyridine rings is 1. The van der Waals surface area contributed by atoms with Crippen molar-refractivity contribution in [2.75, 3.05) is 43.4 Å². The van der Waals surface area contributed by atoms with Gasteiger partial charge in [0.2, 0.25) is 0 Å². The molecule has 0 unspecified atom stereocenters. The molecule has 11 heteroatoms. The van der Waals surface area contributed by atoms with Gasteiger partial charge in [-0.3, -0.25) is 9.69 Å². The first-order chi connectivity index (χ1) is 19.2. The molecule has 0 spiro atoms. The molecular weight excluding hydrogens is 541 g/mol. The Bertz CT molecular complexity index is 1500. The van der Waals surface area contributed by atoms with E-state index >= 15 is 0 Å². The van der Waals surface area contributed by atoms with E-state index in [1.165, 1.54) is 12.1 Å². The van der Waals surface area contributed by atoms with Crippen molar-refractivity contribution >= 4 is 39.9 Å². The highest BCUT2D eigenvalue weighted by molar-refractivity contribution is 6.36. The van der Waals surface area contributed by atoms with Crippen LogP contribution in [-0.2, 0) is 19.3 Å². The Morgan fingerprint density at radius 3 is 2.52 bits per heavy atom. The van der Waals surface area contributed by atoms with Crippen LogP contribution in [-0.4, -0.2) is 58.4 Å². The van der Waals surface area contributed by atoms with Crippen LogP contribution < -0.4 is 10.6 Å². The molecule has 0 radical (unpaired) electrons. The minimum absolute atomic E-state index is 0.0529. The van der Waals surface area contributed by atoms with Gasteiger partial charge in [-0.25, -0.2) is 4.98 Å². The van der Waals surface area contributed by atoms with Crippen molar-refractivity contribution in [3.8, 4) is 0 Å². The van der Waals surface area contributed by atoms with Crippen LogP contribution in [0.15, 0.2) is 60.9 Å². The van der Waals surface area contributed by atoms with E-state index < -0.39 is 17.6 Å². The number of benzene rings is 2. The molecule has 2 aromatic heterocycles. The number of carbonyl (C=O) groups excluding carboxylic acids is 1. The molecule has 0 aliphatic carbocycles. The molecule has 210 valence electrons. The number of nitrogens with one attached hydrogen (secondary N) is 3. The van der Waals surface area contributed by atoms with E-state index in [9.17, 15) is 18.0 Å². The summed E-state index contributed by atoms with van der Waals surface area (Å²) < 4.78 is 41.9. The summed E-state index contributed by atoms with van der Waals surface area (Å²) >= 11 is 6.50. The van der Waals surface area contributed by atoms with Gasteiger partial charge in [0.05, 0.1) is 10.6 Å². The fraction of sp³-hybridized carbons (Fsp3) is 0.310. The van der Waals surface area contributed by atoms with Crippen LogP contribution in [0, 0.1) is 0 Å². The Hall–Kier alpha value is -3.60. The van der Waals surface area contributed by atoms with Crippen LogP contribution in [0.3, 0.4) is 0 Å². The minimum atomic E-state index is -4.57. The van der Waals surface area contributed by atoms with Crippen molar-refractivity contribution in [1.29, 1.82) is 0 Å². The van der Waals surface area contributed by atoms with Gasteiger partial charge >= 0.3 is 6.18 Å². The fourth-order valence-electron chi connectivity index (χ4n) is 4.87. The second-order valence-corrected chi connectivity index (χ2v) is 10.2. The number of hydrogen-bond donors (Lipinski definition) is 3. The molecule has 40 heavy (non-hydrogen) atoms. The molecule has 1 aliphatic heterocycles. The molecule has 1 fully saturated rings. The van der Waals surface area contributed by atoms with Crippen molar-refractivity contribution < 1.29 is 18.0 Å². The van der Waals surface area contributed by atoms with E-state index in [1.807, 2.05) is 17.0 Å². The third-order valence-corrected chi connectivity index (χ3v) is 7.63. The normalized spacial score (nSPS) is 14.9. The van der Waals surface area contributed by atoms with Crippen LogP contribution in [0.25, 0.3) is 11.0 Å². The number of rotatable bonds is 8. The van der Waals surface area contributed by atoms with Crippen LogP contribution in [0.1, 0.15) is 34.0 Å². The number of anilines is 2. The number of H-pyrrole nitrogens is 1. The standard InChI is InChI=1S/C29H30ClF3N6O/c1-2-38-10-12-39(13-11-38)18-20-7-6-19(14-25(20)29(31,32)33)28(40)37-23-5-3-4-22(15-23)35-16-21-17-36-27-24(26(21)30)8-9-34-27/h3-9,14-15,17,35H,2,10-13,16,18H2,1H3,(H,34,36)(H,37,40). The number of carbonyl (C=O) groups is 1. The number of amides is 1. The molecule has 1 saturated heterocycles. The maximum atomic E-state index is 14.0. The van der Waals surface area contributed by atoms with Crippen molar-refractivity contribution in [3.63, 3.8) is 0 Å². The zero-order chi connectivity index (χ0) is 28.3. The van der Waals surface area contributed by atoms with Gasteiger partial charge in [-0.05, 0) is 48.5 Å². The SMILES string of the molecule is CCN1CCN(Cc2ccc(C(=O)Nc3cccc(NCc4cnc5[nH]ccc5c4Cl)c3)cc2C(F)(F)F)CC1. The van der Waals surface area contributed by atoms with E-state index in [4.69, 9.17) is 11.6 Å². The molecule has 0 saturated carbocycles. The largest absolute Gasteiger partial charge is 0.416 e. The lowest BCUT2D eigenvalue weighted by molar-refractivity contribution is -0.138. The van der Waals surface area contributed by atoms with Gasteiger partial charge in [0, 0.05) is 79.6 Å². The fourth-order valence-corrected chi connectivity index (χ4v) is 5.14. The smallest absolute Gasteiger partial charge is 0.381 e. The van der Waals surface area contributed by atoms with E-state index in [2.05, 4.69) is 32.4 Å². The summed E-state index contributed by atoms with van der Waals surface area (Å²) in [7, 11) is 0. The van der Waals surface area contributed by atoms with Crippen LogP contribution >= 0.6 is 11.6 Å². The van der Waals surface area contributed by atoms with E-state index in [0.717, 1.165) is 36.7 Å². The highest BCUT2D eigenvalue weighted by Crippen LogP contribution is 2.34. The van der Waals surface area contributed by atoms with E-state index in [1.54, 1.807) is 30.6 Å². The molecule has 1 aliphatic rings. The monoisotopic (exact) mass is 570 g/mol. The van der Waals surface area contributed by atoms with Gasteiger partial charge in [0.1, 0.15) is 5.65 Å². The Kier molecular flexibility index (Phi) is 8.30. The molecule has 5 rings (SSSR count). The van der Waals surface area contributed by atoms with Crippen molar-refractivity contribution in [1.82, 2.24) is 19.8 Å². The topological polar surface area (TPSA) is 76.3 Å². The molecular formula is C29H30ClF3N6O. The quantitative estimate of drug-likeness (QED) is 0.234. The first-order valence-corrected chi connectivity index (χ1v) is 13.5. The zero-order valence-electron chi connectivity index (χ0n) is 22.0. The van der Waals surface area contributed by atoms with Gasteiger partial charge in [-0.15, -0.1) is 0 Å². The summed E-state index contributed by atoms with van der Waals surface area (Å²) in [5.74, 6) is -0.615. The average molecular weight is 571 g/mol. The Morgan fingerprint density at radius 2 is 1.77 bits per heavy atom. The minimum Gasteiger partial charge on any atom is -0.381 e. The lowest BCUT2D eigenvalue weighted by Crippen LogP contribution is -2.45. The average Bonchev–Trinajstić information content (AvgIpc) is 3.43. The summed E-state index contributed by atoms with van der Waals surface area (Å²) in [5, 5.41) is 7.38.